The third-order valence-corrected chi connectivity index (χ3v) is 2.41. The molecular weight excluding hydrogens is 251 g/mol. The molecule has 5 nitrogen and oxygen atoms in total. The number of carbonyl (C=O) groups is 2. The summed E-state index contributed by atoms with van der Waals surface area (Å²) in [5.74, 6) is -2.16. The van der Waals surface area contributed by atoms with Gasteiger partial charge in [0.05, 0.1) is 12.1 Å². The Morgan fingerprint density at radius 1 is 1.42 bits per heavy atom. The molecule has 1 aromatic carbocycles. The predicted molar refractivity (Wildman–Crippen MR) is 68.0 cm³/mol. The molecule has 0 atom stereocenters. The molecule has 6 heteroatoms. The molecule has 0 saturated carbocycles. The molecule has 0 aromatic heterocycles. The summed E-state index contributed by atoms with van der Waals surface area (Å²) in [5.41, 5.74) is 5.04. The predicted octanol–water partition coefficient (Wildman–Crippen LogP) is 1.11. The SMILES string of the molecule is CC(C)CN(CC(N)=O)C(=O)c1ccc(F)cc1O. The molecule has 0 heterocycles. The van der Waals surface area contributed by atoms with Gasteiger partial charge >= 0.3 is 0 Å². The fourth-order valence-corrected chi connectivity index (χ4v) is 1.70. The van der Waals surface area contributed by atoms with Crippen molar-refractivity contribution in [2.45, 2.75) is 13.8 Å². The summed E-state index contributed by atoms with van der Waals surface area (Å²) in [6, 6.07) is 3.11. The number of primary amides is 1. The van der Waals surface area contributed by atoms with E-state index in [0.29, 0.717) is 6.54 Å². The van der Waals surface area contributed by atoms with Crippen LogP contribution in [0, 0.1) is 11.7 Å². The molecule has 0 unspecified atom stereocenters. The molecule has 1 aromatic rings. The van der Waals surface area contributed by atoms with Crippen molar-refractivity contribution >= 4 is 11.8 Å². The average molecular weight is 268 g/mol. The van der Waals surface area contributed by atoms with Crippen LogP contribution in [0.5, 0.6) is 5.75 Å². The maximum absolute atomic E-state index is 12.9. The largest absolute Gasteiger partial charge is 0.507 e. The minimum atomic E-state index is -0.643. The fourth-order valence-electron chi connectivity index (χ4n) is 1.70. The van der Waals surface area contributed by atoms with Crippen LogP contribution in [-0.4, -0.2) is 34.9 Å². The summed E-state index contributed by atoms with van der Waals surface area (Å²) in [7, 11) is 0. The van der Waals surface area contributed by atoms with Gasteiger partial charge in [-0.25, -0.2) is 4.39 Å². The highest BCUT2D eigenvalue weighted by atomic mass is 19.1. The van der Waals surface area contributed by atoms with Crippen LogP contribution in [0.3, 0.4) is 0 Å². The zero-order valence-corrected chi connectivity index (χ0v) is 10.9. The van der Waals surface area contributed by atoms with E-state index in [0.717, 1.165) is 12.1 Å². The van der Waals surface area contributed by atoms with Crippen LogP contribution in [0.15, 0.2) is 18.2 Å². The van der Waals surface area contributed by atoms with Gasteiger partial charge in [-0.3, -0.25) is 9.59 Å². The number of hydrogen-bond donors (Lipinski definition) is 2. The first kappa shape index (κ1) is 14.9. The summed E-state index contributed by atoms with van der Waals surface area (Å²) >= 11 is 0. The normalized spacial score (nSPS) is 10.5. The lowest BCUT2D eigenvalue weighted by Gasteiger charge is -2.23. The monoisotopic (exact) mass is 268 g/mol. The lowest BCUT2D eigenvalue weighted by molar-refractivity contribution is -0.118. The summed E-state index contributed by atoms with van der Waals surface area (Å²) in [5, 5.41) is 9.58. The summed E-state index contributed by atoms with van der Waals surface area (Å²) in [4.78, 5) is 24.4. The quantitative estimate of drug-likeness (QED) is 0.839. The van der Waals surface area contributed by atoms with Crippen LogP contribution in [0.1, 0.15) is 24.2 Å². The highest BCUT2D eigenvalue weighted by molar-refractivity contribution is 5.98. The highest BCUT2D eigenvalue weighted by Crippen LogP contribution is 2.20. The van der Waals surface area contributed by atoms with E-state index < -0.39 is 23.4 Å². The van der Waals surface area contributed by atoms with E-state index in [-0.39, 0.29) is 18.0 Å². The number of nitrogens with zero attached hydrogens (tertiary/aromatic N) is 1. The Hall–Kier alpha value is -2.11. The second kappa shape index (κ2) is 6.17. The van der Waals surface area contributed by atoms with Gasteiger partial charge in [-0.05, 0) is 18.1 Å². The minimum Gasteiger partial charge on any atom is -0.507 e. The Balaban J connectivity index is 3.00. The Labute approximate surface area is 110 Å². The van der Waals surface area contributed by atoms with Crippen molar-refractivity contribution in [1.29, 1.82) is 0 Å². The van der Waals surface area contributed by atoms with Gasteiger partial charge in [0.15, 0.2) is 0 Å². The number of carbonyl (C=O) groups excluding carboxylic acids is 2. The molecule has 0 bridgehead atoms. The van der Waals surface area contributed by atoms with Gasteiger partial charge in [0, 0.05) is 12.6 Å². The molecule has 104 valence electrons. The molecule has 0 spiro atoms. The van der Waals surface area contributed by atoms with Gasteiger partial charge in [0.1, 0.15) is 11.6 Å². The van der Waals surface area contributed by atoms with Gasteiger partial charge in [-0.2, -0.15) is 0 Å². The van der Waals surface area contributed by atoms with E-state index in [4.69, 9.17) is 5.73 Å². The maximum atomic E-state index is 12.9. The van der Waals surface area contributed by atoms with Crippen molar-refractivity contribution in [3.05, 3.63) is 29.6 Å². The van der Waals surface area contributed by atoms with Gasteiger partial charge in [0.25, 0.3) is 5.91 Å². The van der Waals surface area contributed by atoms with Gasteiger partial charge in [-0.15, -0.1) is 0 Å². The molecule has 1 rings (SSSR count). The van der Waals surface area contributed by atoms with E-state index in [1.54, 1.807) is 0 Å². The molecular formula is C13H17FN2O3. The lowest BCUT2D eigenvalue weighted by atomic mass is 10.1. The Kier molecular flexibility index (Phi) is 4.86. The van der Waals surface area contributed by atoms with E-state index in [9.17, 15) is 19.1 Å². The molecule has 2 amide bonds. The number of phenols is 1. The third kappa shape index (κ3) is 4.24. The van der Waals surface area contributed by atoms with E-state index >= 15 is 0 Å². The first-order valence-electron chi connectivity index (χ1n) is 5.87. The number of halogens is 1. The van der Waals surface area contributed by atoms with Crippen LogP contribution in [0.2, 0.25) is 0 Å². The van der Waals surface area contributed by atoms with Crippen LogP contribution in [-0.2, 0) is 4.79 Å². The van der Waals surface area contributed by atoms with E-state index in [2.05, 4.69) is 0 Å². The average Bonchev–Trinajstić information content (AvgIpc) is 2.26. The fraction of sp³-hybridized carbons (Fsp3) is 0.385. The van der Waals surface area contributed by atoms with Crippen molar-refractivity contribution in [2.75, 3.05) is 13.1 Å². The van der Waals surface area contributed by atoms with Crippen LogP contribution in [0.25, 0.3) is 0 Å². The van der Waals surface area contributed by atoms with Crippen LogP contribution < -0.4 is 5.73 Å². The van der Waals surface area contributed by atoms with Crippen molar-refractivity contribution in [3.8, 4) is 5.75 Å². The maximum Gasteiger partial charge on any atom is 0.258 e. The van der Waals surface area contributed by atoms with Gasteiger partial charge in [-0.1, -0.05) is 13.8 Å². The smallest absolute Gasteiger partial charge is 0.258 e. The molecule has 0 aliphatic heterocycles. The van der Waals surface area contributed by atoms with Gasteiger partial charge < -0.3 is 15.7 Å². The Morgan fingerprint density at radius 2 is 2.05 bits per heavy atom. The Bertz CT molecular complexity index is 489. The topological polar surface area (TPSA) is 83.6 Å². The second-order valence-electron chi connectivity index (χ2n) is 4.71. The first-order valence-corrected chi connectivity index (χ1v) is 5.87. The molecule has 19 heavy (non-hydrogen) atoms. The molecule has 0 fully saturated rings. The minimum absolute atomic E-state index is 0.0525. The molecule has 0 aliphatic carbocycles. The first-order chi connectivity index (χ1) is 8.81. The van der Waals surface area contributed by atoms with Crippen molar-refractivity contribution in [1.82, 2.24) is 4.90 Å². The molecule has 3 N–H and O–H groups in total. The molecule has 0 radical (unpaired) electrons. The number of aromatic hydroxyl groups is 1. The van der Waals surface area contributed by atoms with Crippen LogP contribution >= 0.6 is 0 Å². The standard InChI is InChI=1S/C13H17FN2O3/c1-8(2)6-16(7-12(15)18)13(19)10-4-3-9(14)5-11(10)17/h3-5,8,17H,6-7H2,1-2H3,(H2,15,18). The van der Waals surface area contributed by atoms with Crippen molar-refractivity contribution in [2.24, 2.45) is 11.7 Å². The van der Waals surface area contributed by atoms with Crippen molar-refractivity contribution in [3.63, 3.8) is 0 Å². The third-order valence-electron chi connectivity index (χ3n) is 2.41. The number of hydrogen-bond acceptors (Lipinski definition) is 3. The number of rotatable bonds is 5. The lowest BCUT2D eigenvalue weighted by Crippen LogP contribution is -2.40. The van der Waals surface area contributed by atoms with Crippen molar-refractivity contribution < 1.29 is 19.1 Å². The summed E-state index contributed by atoms with van der Waals surface area (Å²) < 4.78 is 12.9. The number of amides is 2. The second-order valence-corrected chi connectivity index (χ2v) is 4.71. The zero-order valence-electron chi connectivity index (χ0n) is 10.9. The van der Waals surface area contributed by atoms with Crippen LogP contribution in [0.4, 0.5) is 4.39 Å². The Morgan fingerprint density at radius 3 is 2.53 bits per heavy atom. The van der Waals surface area contributed by atoms with Gasteiger partial charge in [0.2, 0.25) is 5.91 Å². The van der Waals surface area contributed by atoms with E-state index in [1.165, 1.54) is 11.0 Å². The number of benzene rings is 1. The number of nitrogens with two attached hydrogens (primary N) is 1. The summed E-state index contributed by atoms with van der Waals surface area (Å²) in [6.45, 7) is 3.84. The molecule has 0 aliphatic rings. The molecule has 0 saturated heterocycles. The summed E-state index contributed by atoms with van der Waals surface area (Å²) in [6.07, 6.45) is 0. The number of phenolic OH excluding ortho intramolecular Hbond substituents is 1. The van der Waals surface area contributed by atoms with E-state index in [1.807, 2.05) is 13.8 Å². The zero-order chi connectivity index (χ0) is 14.6. The highest BCUT2D eigenvalue weighted by Gasteiger charge is 2.21.